The van der Waals surface area contributed by atoms with Crippen LogP contribution in [-0.2, 0) is 63.8 Å². The number of carboxylic acids is 1. The maximum atomic E-state index is 14.7. The standard InChI is InChI=1S/C52H75N7O13/c1-12-32(6)47(38(71-10)28-44(65)57-26-16-19-37(57)48(72-11)33(7)49(66)53-36(52(69)70)27-34-17-14-13-15-18-34)56(9)51(68)45(30(2)3)54-50(67)46(31(4)5)55(8)39(60)21-20-35(59-42(63)24-25-43(59)64)29-58-40(61)22-23-41(58)62/h13-15,17-18,22-25,30-33,35-38,45-48H,12,16,19-21,26-29H2,1-11H3,(H,53,66)(H,54,67)(H,69,70)/t32-,33+,35?,36?,37-,38+,45-,46-,47-,48+/m0/s1. The smallest absolute Gasteiger partial charge is 0.326 e. The van der Waals surface area contributed by atoms with Gasteiger partial charge in [-0.15, -0.1) is 0 Å². The Morgan fingerprint density at radius 3 is 1.92 bits per heavy atom. The van der Waals surface area contributed by atoms with E-state index in [1.54, 1.807) is 70.8 Å². The summed E-state index contributed by atoms with van der Waals surface area (Å²) in [5, 5.41) is 15.5. The average molecular weight is 1010 g/mol. The Balaban J connectivity index is 1.47. The number of carbonyl (C=O) groups is 10. The Hall–Kier alpha value is -6.28. The number of aliphatic carboxylic acids is 1. The number of carbonyl (C=O) groups excluding carboxylic acids is 9. The zero-order valence-electron chi connectivity index (χ0n) is 43.6. The largest absolute Gasteiger partial charge is 0.480 e. The molecule has 20 heteroatoms. The van der Waals surface area contributed by atoms with E-state index in [4.69, 9.17) is 9.47 Å². The molecule has 396 valence electrons. The second-order valence-corrected chi connectivity index (χ2v) is 19.8. The van der Waals surface area contributed by atoms with E-state index in [0.29, 0.717) is 25.8 Å². The highest BCUT2D eigenvalue weighted by molar-refractivity contribution is 6.14. The van der Waals surface area contributed by atoms with Gasteiger partial charge < -0.3 is 39.9 Å². The van der Waals surface area contributed by atoms with Crippen LogP contribution in [0.1, 0.15) is 92.6 Å². The number of ether oxygens (including phenoxy) is 2. The molecule has 0 aromatic heterocycles. The van der Waals surface area contributed by atoms with Gasteiger partial charge in [0.15, 0.2) is 0 Å². The first-order chi connectivity index (χ1) is 34.0. The Kier molecular flexibility index (Phi) is 21.4. The van der Waals surface area contributed by atoms with Crippen molar-refractivity contribution in [3.05, 3.63) is 60.2 Å². The van der Waals surface area contributed by atoms with E-state index in [1.165, 1.54) is 31.1 Å². The highest BCUT2D eigenvalue weighted by Crippen LogP contribution is 2.30. The zero-order chi connectivity index (χ0) is 53.7. The minimum Gasteiger partial charge on any atom is -0.480 e. The molecule has 10 atom stereocenters. The van der Waals surface area contributed by atoms with E-state index in [1.807, 2.05) is 19.9 Å². The first kappa shape index (κ1) is 58.3. The third-order valence-electron chi connectivity index (χ3n) is 14.3. The Morgan fingerprint density at radius 1 is 0.792 bits per heavy atom. The van der Waals surface area contributed by atoms with E-state index >= 15 is 0 Å². The molecule has 0 saturated carbocycles. The van der Waals surface area contributed by atoms with Crippen molar-refractivity contribution in [1.82, 2.24) is 35.1 Å². The lowest BCUT2D eigenvalue weighted by Crippen LogP contribution is -2.60. The number of rotatable bonds is 27. The van der Waals surface area contributed by atoms with Crippen LogP contribution in [0.25, 0.3) is 0 Å². The van der Waals surface area contributed by atoms with Crippen LogP contribution in [0.2, 0.25) is 0 Å². The first-order valence-corrected chi connectivity index (χ1v) is 24.8. The number of likely N-dealkylation sites (tertiary alicyclic amines) is 1. The molecule has 0 spiro atoms. The summed E-state index contributed by atoms with van der Waals surface area (Å²) in [5.41, 5.74) is 0.745. The molecule has 0 radical (unpaired) electrons. The third kappa shape index (κ3) is 14.2. The third-order valence-corrected chi connectivity index (χ3v) is 14.3. The molecule has 1 fully saturated rings. The van der Waals surface area contributed by atoms with Crippen LogP contribution in [0.5, 0.6) is 0 Å². The van der Waals surface area contributed by atoms with Crippen molar-refractivity contribution < 1.29 is 62.5 Å². The van der Waals surface area contributed by atoms with Crippen LogP contribution in [-0.4, -0.2) is 179 Å². The summed E-state index contributed by atoms with van der Waals surface area (Å²) in [6, 6.07) is 3.45. The van der Waals surface area contributed by atoms with E-state index in [2.05, 4.69) is 10.6 Å². The summed E-state index contributed by atoms with van der Waals surface area (Å²) >= 11 is 0. The van der Waals surface area contributed by atoms with Gasteiger partial charge in [0.2, 0.25) is 29.5 Å². The van der Waals surface area contributed by atoms with Crippen molar-refractivity contribution in [2.75, 3.05) is 41.4 Å². The quantitative estimate of drug-likeness (QED) is 0.107. The fourth-order valence-electron chi connectivity index (χ4n) is 10.1. The number of nitrogens with one attached hydrogen (secondary N) is 2. The number of hydrogen-bond acceptors (Lipinski definition) is 12. The Bertz CT molecular complexity index is 2180. The minimum atomic E-state index is -1.18. The molecule has 3 heterocycles. The van der Waals surface area contributed by atoms with Crippen LogP contribution in [0.15, 0.2) is 54.6 Å². The van der Waals surface area contributed by atoms with Gasteiger partial charge in [-0.3, -0.25) is 53.0 Å². The van der Waals surface area contributed by atoms with Crippen molar-refractivity contribution in [3.8, 4) is 0 Å². The maximum Gasteiger partial charge on any atom is 0.326 e. The molecular weight excluding hydrogens is 931 g/mol. The van der Waals surface area contributed by atoms with Gasteiger partial charge in [-0.1, -0.05) is 85.2 Å². The summed E-state index contributed by atoms with van der Waals surface area (Å²) in [6.07, 6.45) is 4.07. The van der Waals surface area contributed by atoms with Crippen LogP contribution in [0.3, 0.4) is 0 Å². The number of hydrogen-bond donors (Lipinski definition) is 3. The van der Waals surface area contributed by atoms with Crippen LogP contribution >= 0.6 is 0 Å². The van der Waals surface area contributed by atoms with Crippen molar-refractivity contribution in [3.63, 3.8) is 0 Å². The molecule has 1 saturated heterocycles. The van der Waals surface area contributed by atoms with E-state index in [-0.39, 0.29) is 44.1 Å². The number of likely N-dealkylation sites (N-methyl/N-ethyl adjacent to an activating group) is 2. The normalized spacial score (nSPS) is 19.5. The first-order valence-electron chi connectivity index (χ1n) is 24.8. The summed E-state index contributed by atoms with van der Waals surface area (Å²) < 4.78 is 11.9. The molecule has 0 aliphatic carbocycles. The van der Waals surface area contributed by atoms with Gasteiger partial charge in [0.05, 0.1) is 49.2 Å². The molecule has 1 aromatic rings. The Labute approximate surface area is 422 Å². The molecule has 9 amide bonds. The molecule has 72 heavy (non-hydrogen) atoms. The monoisotopic (exact) mass is 1010 g/mol. The van der Waals surface area contributed by atoms with Crippen LogP contribution in [0.4, 0.5) is 0 Å². The van der Waals surface area contributed by atoms with Crippen molar-refractivity contribution >= 4 is 59.1 Å². The molecule has 3 N–H and O–H groups in total. The number of nitrogens with zero attached hydrogens (tertiary/aromatic N) is 5. The van der Waals surface area contributed by atoms with Gasteiger partial charge in [-0.2, -0.15) is 0 Å². The molecule has 1 aromatic carbocycles. The maximum absolute atomic E-state index is 14.7. The highest BCUT2D eigenvalue weighted by Gasteiger charge is 2.44. The predicted octanol–water partition coefficient (Wildman–Crippen LogP) is 2.34. The number of carboxylic acid groups (broad SMARTS) is 1. The van der Waals surface area contributed by atoms with Gasteiger partial charge in [-0.05, 0) is 42.6 Å². The SMILES string of the molecule is CC[C@H](C)[C@@H]([C@@H](CC(=O)N1CCC[C@H]1[C@H](OC)[C@@H](C)C(=O)NC(Cc1ccccc1)C(=O)O)OC)N(C)C(=O)[C@@H](NC(=O)[C@H](C(C)C)N(C)C(=O)CCC(CN1C(=O)C=CC1=O)N1C(=O)C=CC1=O)C(C)C. The lowest BCUT2D eigenvalue weighted by atomic mass is 9.89. The fourth-order valence-corrected chi connectivity index (χ4v) is 10.1. The van der Waals surface area contributed by atoms with Gasteiger partial charge in [0.1, 0.15) is 18.1 Å². The van der Waals surface area contributed by atoms with Crippen LogP contribution < -0.4 is 10.6 Å². The summed E-state index contributed by atoms with van der Waals surface area (Å²) in [4.78, 5) is 139. The van der Waals surface area contributed by atoms with E-state index in [0.717, 1.165) is 39.7 Å². The second-order valence-electron chi connectivity index (χ2n) is 19.8. The zero-order valence-corrected chi connectivity index (χ0v) is 43.6. The summed E-state index contributed by atoms with van der Waals surface area (Å²) in [7, 11) is 5.98. The molecule has 2 unspecified atom stereocenters. The fraction of sp³-hybridized carbons (Fsp3) is 0.615. The highest BCUT2D eigenvalue weighted by atomic mass is 16.5. The van der Waals surface area contributed by atoms with Crippen molar-refractivity contribution in [2.24, 2.45) is 23.7 Å². The average Bonchev–Trinajstić information content (AvgIpc) is 4.05. The lowest BCUT2D eigenvalue weighted by Gasteiger charge is -2.41. The van der Waals surface area contributed by atoms with Crippen molar-refractivity contribution in [1.29, 1.82) is 0 Å². The minimum absolute atomic E-state index is 0.0826. The number of amides is 9. The summed E-state index contributed by atoms with van der Waals surface area (Å²) in [6.45, 7) is 12.7. The predicted molar refractivity (Wildman–Crippen MR) is 264 cm³/mol. The molecule has 3 aliphatic heterocycles. The molecule has 3 aliphatic rings. The Morgan fingerprint density at radius 2 is 1.39 bits per heavy atom. The van der Waals surface area contributed by atoms with Gasteiger partial charge >= 0.3 is 5.97 Å². The molecule has 0 bridgehead atoms. The van der Waals surface area contributed by atoms with E-state index in [9.17, 15) is 53.1 Å². The second kappa shape index (κ2) is 26.4. The number of benzene rings is 1. The molecule has 20 nitrogen and oxygen atoms in total. The lowest BCUT2D eigenvalue weighted by molar-refractivity contribution is -0.149. The molecular formula is C52H75N7O13. The number of methoxy groups -OCH3 is 2. The molecule has 4 rings (SSSR count). The topological polar surface area (TPSA) is 250 Å². The van der Waals surface area contributed by atoms with Gasteiger partial charge in [0, 0.05) is 72.0 Å². The summed E-state index contributed by atoms with van der Waals surface area (Å²) in [5.74, 6) is -7.99. The van der Waals surface area contributed by atoms with Crippen molar-refractivity contribution in [2.45, 2.75) is 142 Å². The number of imide groups is 2. The van der Waals surface area contributed by atoms with Crippen LogP contribution in [0, 0.1) is 23.7 Å². The van der Waals surface area contributed by atoms with Gasteiger partial charge in [-0.25, -0.2) is 4.79 Å². The van der Waals surface area contributed by atoms with E-state index < -0.39 is 119 Å². The van der Waals surface area contributed by atoms with Gasteiger partial charge in [0.25, 0.3) is 23.6 Å².